The molecule has 7 atom stereocenters. The maximum absolute atomic E-state index is 13.4. The molecule has 2 fully saturated rings. The van der Waals surface area contributed by atoms with Gasteiger partial charge in [-0.25, -0.2) is 0 Å². The molecule has 53 heavy (non-hydrogen) atoms. The van der Waals surface area contributed by atoms with Crippen LogP contribution in [-0.4, -0.2) is 85.1 Å². The zero-order valence-corrected chi connectivity index (χ0v) is 39.5. The molecule has 2 saturated heterocycles. The van der Waals surface area contributed by atoms with Crippen LogP contribution < -0.4 is 4.74 Å². The highest BCUT2D eigenvalue weighted by atomic mass is 35.5. The molecule has 2 aromatic carbocycles. The van der Waals surface area contributed by atoms with E-state index in [9.17, 15) is 14.0 Å². The van der Waals surface area contributed by atoms with Crippen molar-refractivity contribution in [3.8, 4) is 5.75 Å². The SMILES string of the molecule is CC[Si](=O)CC[C@H]1OC(O)(c2ccc(Cl)c(C(O[Si](C)(C)C)c3ccc(OC4CCOC4)cc3)c2)[C@H](O[Si](C)(C)C)[C@@H](O[Si](C)(C)C)[C@@H]1C[Si](=O)CC. The van der Waals surface area contributed by atoms with Crippen LogP contribution in [0, 0.1) is 5.92 Å². The summed E-state index contributed by atoms with van der Waals surface area (Å²) in [5.74, 6) is -1.51. The fraction of sp³-hybridized carbons (Fsp3) is 0.684. The summed E-state index contributed by atoms with van der Waals surface area (Å²) in [4.78, 5) is 0. The van der Waals surface area contributed by atoms with Gasteiger partial charge in [-0.3, -0.25) is 0 Å². The third-order valence-corrected chi connectivity index (χ3v) is 16.0. The number of rotatable bonds is 18. The number of benzene rings is 2. The van der Waals surface area contributed by atoms with Gasteiger partial charge in [-0.2, -0.15) is 0 Å². The van der Waals surface area contributed by atoms with Gasteiger partial charge in [0.25, 0.3) is 17.4 Å². The van der Waals surface area contributed by atoms with Gasteiger partial charge in [0.1, 0.15) is 18.0 Å². The van der Waals surface area contributed by atoms with Gasteiger partial charge in [-0.1, -0.05) is 43.6 Å². The van der Waals surface area contributed by atoms with Gasteiger partial charge in [0, 0.05) is 28.5 Å². The molecular weight excluding hydrogens is 776 g/mol. The molecule has 0 spiro atoms. The van der Waals surface area contributed by atoms with E-state index in [2.05, 4.69) is 58.9 Å². The zero-order valence-electron chi connectivity index (χ0n) is 33.8. The average molecular weight is 840 g/mol. The van der Waals surface area contributed by atoms with Crippen molar-refractivity contribution in [2.75, 3.05) is 13.2 Å². The Morgan fingerprint density at radius 2 is 1.55 bits per heavy atom. The first-order valence-corrected chi connectivity index (χ1v) is 33.5. The maximum Gasteiger partial charge on any atom is 0.276 e. The summed E-state index contributed by atoms with van der Waals surface area (Å²) >= 11 is 7.05. The summed E-state index contributed by atoms with van der Waals surface area (Å²) in [6.07, 6.45) is -1.27. The van der Waals surface area contributed by atoms with Gasteiger partial charge in [0.05, 0.1) is 31.5 Å². The van der Waals surface area contributed by atoms with E-state index in [1.54, 1.807) is 12.1 Å². The summed E-state index contributed by atoms with van der Waals surface area (Å²) < 4.78 is 65.6. The molecule has 0 aromatic heterocycles. The van der Waals surface area contributed by atoms with Crippen molar-refractivity contribution in [1.82, 2.24) is 0 Å². The van der Waals surface area contributed by atoms with E-state index in [0.29, 0.717) is 60.0 Å². The molecule has 2 aromatic rings. The van der Waals surface area contributed by atoms with Gasteiger partial charge in [0.2, 0.25) is 5.79 Å². The number of ether oxygens (including phenoxy) is 3. The van der Waals surface area contributed by atoms with Crippen LogP contribution in [0.25, 0.3) is 0 Å². The van der Waals surface area contributed by atoms with Gasteiger partial charge >= 0.3 is 0 Å². The molecule has 3 unspecified atom stereocenters. The van der Waals surface area contributed by atoms with E-state index in [1.807, 2.05) is 44.2 Å². The fourth-order valence-corrected chi connectivity index (χ4v) is 12.5. The first kappa shape index (κ1) is 44.7. The van der Waals surface area contributed by atoms with Gasteiger partial charge in [-0.05, 0) is 119 Å². The van der Waals surface area contributed by atoms with Crippen molar-refractivity contribution in [3.63, 3.8) is 0 Å². The molecular formula is C38H63ClO9Si5. The Balaban J connectivity index is 1.87. The number of aliphatic hydroxyl groups is 1. The minimum absolute atomic E-state index is 0.0344. The van der Waals surface area contributed by atoms with Crippen molar-refractivity contribution in [2.45, 2.75) is 146 Å². The second kappa shape index (κ2) is 18.5. The summed E-state index contributed by atoms with van der Waals surface area (Å²) in [6.45, 7) is 24.2. The fourth-order valence-electron chi connectivity index (χ4n) is 6.92. The molecule has 0 bridgehead atoms. The van der Waals surface area contributed by atoms with E-state index >= 15 is 0 Å². The lowest BCUT2D eigenvalue weighted by atomic mass is 9.82. The lowest BCUT2D eigenvalue weighted by Crippen LogP contribution is -2.65. The lowest BCUT2D eigenvalue weighted by Gasteiger charge is -2.54. The summed E-state index contributed by atoms with van der Waals surface area (Å²) in [7, 11) is -10.6. The standard InChI is InChI=1S/C38H63ClO9Si5/c1-12-49(41)23-21-34-32(26-50(42)13-2)36(47-52(6,7)8)37(48-53(9,10)11)38(40,45-34)28-16-19-33(39)31(24-28)35(46-51(3,4)5)27-14-17-29(18-15-27)44-30-20-22-43-25-30/h14-19,24,30,32,34-37,40H,12-13,20-23,25-26H2,1-11H3/t30?,32-,34-,35?,36+,37-,38?/m1/s1. The third-order valence-electron chi connectivity index (χ3n) is 9.38. The molecule has 0 radical (unpaired) electrons. The van der Waals surface area contributed by atoms with E-state index in [-0.39, 0.29) is 12.0 Å². The van der Waals surface area contributed by atoms with E-state index < -0.39 is 72.5 Å². The van der Waals surface area contributed by atoms with Crippen LogP contribution in [0.2, 0.25) is 88.1 Å². The minimum atomic E-state index is -2.36. The van der Waals surface area contributed by atoms with Gasteiger partial charge in [0.15, 0.2) is 25.0 Å². The van der Waals surface area contributed by atoms with Crippen molar-refractivity contribution in [2.24, 2.45) is 5.92 Å². The molecule has 0 aliphatic carbocycles. The highest BCUT2D eigenvalue weighted by Crippen LogP contribution is 2.48. The largest absolute Gasteiger partial charge is 0.488 e. The van der Waals surface area contributed by atoms with Crippen LogP contribution in [-0.2, 0) is 37.5 Å². The first-order valence-electron chi connectivity index (χ1n) is 19.2. The Morgan fingerprint density at radius 3 is 2.09 bits per heavy atom. The zero-order chi connectivity index (χ0) is 39.4. The highest BCUT2D eigenvalue weighted by Gasteiger charge is 2.58. The predicted octanol–water partition coefficient (Wildman–Crippen LogP) is 9.32. The second-order valence-corrected chi connectivity index (χ2v) is 35.7. The summed E-state index contributed by atoms with van der Waals surface area (Å²) in [6, 6.07) is 15.4. The smallest absolute Gasteiger partial charge is 0.276 e. The molecule has 296 valence electrons. The topological polar surface area (TPSA) is 110 Å². The Kier molecular flexibility index (Phi) is 15.6. The molecule has 2 aliphatic rings. The molecule has 1 N–H and O–H groups in total. The first-order chi connectivity index (χ1) is 24.6. The Hall–Kier alpha value is -1.03. The molecule has 2 heterocycles. The lowest BCUT2D eigenvalue weighted by molar-refractivity contribution is -0.339. The van der Waals surface area contributed by atoms with Crippen LogP contribution in [0.15, 0.2) is 42.5 Å². The number of hydrogen-bond donors (Lipinski definition) is 1. The molecule has 0 amide bonds. The second-order valence-electron chi connectivity index (χ2n) is 17.4. The van der Waals surface area contributed by atoms with E-state index in [0.717, 1.165) is 17.7 Å². The van der Waals surface area contributed by atoms with Gasteiger partial charge < -0.3 is 41.5 Å². The summed E-state index contributed by atoms with van der Waals surface area (Å²) in [5.41, 5.74) is 2.08. The normalized spacial score (nSPS) is 26.0. The monoisotopic (exact) mass is 838 g/mol. The van der Waals surface area contributed by atoms with Crippen molar-refractivity contribution in [3.05, 3.63) is 64.2 Å². The molecule has 15 heteroatoms. The van der Waals surface area contributed by atoms with E-state index in [4.69, 9.17) is 39.1 Å². The highest BCUT2D eigenvalue weighted by molar-refractivity contribution is 6.70. The maximum atomic E-state index is 13.4. The Bertz CT molecular complexity index is 1540. The number of hydrogen-bond acceptors (Lipinski definition) is 9. The Morgan fingerprint density at radius 1 is 0.906 bits per heavy atom. The quantitative estimate of drug-likeness (QED) is 0.147. The Labute approximate surface area is 329 Å². The van der Waals surface area contributed by atoms with Crippen LogP contribution >= 0.6 is 11.6 Å². The van der Waals surface area contributed by atoms with Crippen molar-refractivity contribution in [1.29, 1.82) is 0 Å². The van der Waals surface area contributed by atoms with Crippen LogP contribution in [0.5, 0.6) is 5.75 Å². The summed E-state index contributed by atoms with van der Waals surface area (Å²) in [5, 5.41) is 13.7. The predicted molar refractivity (Wildman–Crippen MR) is 221 cm³/mol. The van der Waals surface area contributed by atoms with Crippen LogP contribution in [0.4, 0.5) is 0 Å². The van der Waals surface area contributed by atoms with Crippen molar-refractivity contribution < 1.29 is 41.5 Å². The minimum Gasteiger partial charge on any atom is -0.488 e. The van der Waals surface area contributed by atoms with Gasteiger partial charge in [-0.15, -0.1) is 0 Å². The van der Waals surface area contributed by atoms with E-state index in [1.165, 1.54) is 0 Å². The van der Waals surface area contributed by atoms with Crippen LogP contribution in [0.3, 0.4) is 0 Å². The molecule has 0 saturated carbocycles. The van der Waals surface area contributed by atoms with Crippen molar-refractivity contribution >= 4 is 53.9 Å². The van der Waals surface area contributed by atoms with Crippen LogP contribution in [0.1, 0.15) is 49.5 Å². The molecule has 2 aliphatic heterocycles. The molecule has 4 rings (SSSR count). The third kappa shape index (κ3) is 12.7. The number of halogens is 1. The average Bonchev–Trinajstić information content (AvgIpc) is 3.57. The molecule has 9 nitrogen and oxygen atoms in total.